The third-order valence-corrected chi connectivity index (χ3v) is 8.40. The molecule has 0 aliphatic carbocycles. The second-order valence-electron chi connectivity index (χ2n) is 13.1. The summed E-state index contributed by atoms with van der Waals surface area (Å²) in [5, 5.41) is 4.60. The molecule has 0 heterocycles. The number of esters is 2. The van der Waals surface area contributed by atoms with E-state index in [0.29, 0.717) is 84.9 Å². The summed E-state index contributed by atoms with van der Waals surface area (Å²) in [7, 11) is 0. The number of carbonyl (C=O) groups is 4. The molecule has 4 rings (SSSR count). The highest BCUT2D eigenvalue weighted by atomic mass is 19.4. The van der Waals surface area contributed by atoms with Gasteiger partial charge in [-0.15, -0.1) is 0 Å². The van der Waals surface area contributed by atoms with Gasteiger partial charge in [-0.3, -0.25) is 9.59 Å². The van der Waals surface area contributed by atoms with Crippen molar-refractivity contribution in [2.75, 3.05) is 37.1 Å². The van der Waals surface area contributed by atoms with Crippen molar-refractivity contribution in [3.8, 4) is 35.2 Å². The molecule has 0 saturated carbocycles. The Kier molecular flexibility index (Phi) is 17.1. The second-order valence-corrected chi connectivity index (χ2v) is 13.1. The third-order valence-electron chi connectivity index (χ3n) is 8.40. The Morgan fingerprint density at radius 1 is 0.583 bits per heavy atom. The number of rotatable bonds is 16. The number of nitrogens with one attached hydrogen (secondary N) is 2. The highest BCUT2D eigenvalue weighted by molar-refractivity contribution is 6.43. The van der Waals surface area contributed by atoms with Gasteiger partial charge >= 0.3 is 29.9 Å². The molecule has 0 unspecified atom stereocenters. The van der Waals surface area contributed by atoms with Crippen LogP contribution in [-0.2, 0) is 34.8 Å². The minimum Gasteiger partial charge on any atom is -0.494 e. The van der Waals surface area contributed by atoms with Crippen LogP contribution >= 0.6 is 0 Å². The molecule has 0 aliphatic heterocycles. The number of unbranched alkanes of at least 4 members (excludes halogenated alkanes) is 2. The molecule has 2 amide bonds. The Hall–Kier alpha value is -7.25. The van der Waals surface area contributed by atoms with Gasteiger partial charge in [-0.2, -0.15) is 13.2 Å². The van der Waals surface area contributed by atoms with E-state index >= 15 is 0 Å². The fraction of sp³-hybridized carbons (Fsp3) is 0.234. The van der Waals surface area contributed by atoms with Crippen LogP contribution in [0, 0.1) is 37.5 Å². The van der Waals surface area contributed by atoms with Gasteiger partial charge in [0.25, 0.3) is 0 Å². The van der Waals surface area contributed by atoms with Crippen LogP contribution in [0.1, 0.15) is 64.6 Å². The number of hydrogen-bond donors (Lipinski definition) is 2. The lowest BCUT2D eigenvalue weighted by molar-refractivity contribution is -0.138. The maximum atomic E-state index is 14.1. The maximum absolute atomic E-state index is 14.1. The molecule has 310 valence electrons. The summed E-state index contributed by atoms with van der Waals surface area (Å²) < 4.78 is 63.6. The zero-order valence-electron chi connectivity index (χ0n) is 33.1. The summed E-state index contributed by atoms with van der Waals surface area (Å²) in [6.45, 7) is 11.5. The number of carbonyl (C=O) groups excluding carboxylic acids is 4. The predicted molar refractivity (Wildman–Crippen MR) is 221 cm³/mol. The number of anilines is 2. The van der Waals surface area contributed by atoms with Crippen molar-refractivity contribution >= 4 is 35.1 Å². The third kappa shape index (κ3) is 14.9. The van der Waals surface area contributed by atoms with E-state index in [4.69, 9.17) is 18.9 Å². The van der Waals surface area contributed by atoms with Crippen LogP contribution in [0.15, 0.2) is 104 Å². The van der Waals surface area contributed by atoms with Gasteiger partial charge < -0.3 is 29.6 Å². The zero-order chi connectivity index (χ0) is 43.5. The van der Waals surface area contributed by atoms with E-state index in [1.165, 1.54) is 6.07 Å². The smallest absolute Gasteiger partial charge is 0.418 e. The number of benzene rings is 4. The molecule has 10 nitrogen and oxygen atoms in total. The first kappa shape index (κ1) is 45.5. The first-order valence-electron chi connectivity index (χ1n) is 18.8. The number of amides is 2. The summed E-state index contributed by atoms with van der Waals surface area (Å²) in [6, 6.07) is 20.5. The minimum atomic E-state index is -4.87. The van der Waals surface area contributed by atoms with E-state index in [2.05, 4.69) is 47.5 Å². The van der Waals surface area contributed by atoms with Gasteiger partial charge in [-0.1, -0.05) is 36.8 Å². The largest absolute Gasteiger partial charge is 0.494 e. The fourth-order valence-corrected chi connectivity index (χ4v) is 5.36. The average Bonchev–Trinajstić information content (AvgIpc) is 3.23. The van der Waals surface area contributed by atoms with E-state index in [-0.39, 0.29) is 12.2 Å². The number of ether oxygens (including phenoxy) is 4. The van der Waals surface area contributed by atoms with Crippen LogP contribution in [0.25, 0.3) is 0 Å². The number of hydrogen-bond acceptors (Lipinski definition) is 8. The molecule has 0 saturated heterocycles. The molecule has 4 aromatic carbocycles. The topological polar surface area (TPSA) is 129 Å². The Bertz CT molecular complexity index is 2290. The summed E-state index contributed by atoms with van der Waals surface area (Å²) >= 11 is 0. The highest BCUT2D eigenvalue weighted by Crippen LogP contribution is 2.35. The van der Waals surface area contributed by atoms with Crippen molar-refractivity contribution in [1.29, 1.82) is 0 Å². The number of alkyl halides is 3. The van der Waals surface area contributed by atoms with E-state index < -0.39 is 41.2 Å². The molecule has 4 aromatic rings. The quantitative estimate of drug-likeness (QED) is 0.0379. The van der Waals surface area contributed by atoms with E-state index in [0.717, 1.165) is 29.8 Å². The zero-order valence-corrected chi connectivity index (χ0v) is 33.1. The van der Waals surface area contributed by atoms with Gasteiger partial charge in [0.05, 0.1) is 37.7 Å². The molecule has 0 bridgehead atoms. The standard InChI is InChI=1S/C47H43F3N2O8/c1-5-42(53)59-27-9-7-25-57-38-20-15-34(16-21-38)11-13-36-19-24-41(40(31-36)47(48,49)50)51-45(55)46(56)52-44-32(3)29-37(30-33(44)4)14-12-35-17-22-39(23-18-35)58-26-8-10-28-60-43(54)6-2/h5-6,15-24,29-31H,1-2,7-10,25-28H2,3-4H3,(H,51,55)(H,52,56). The summed E-state index contributed by atoms with van der Waals surface area (Å²) in [5.41, 5.74) is 1.67. The van der Waals surface area contributed by atoms with Gasteiger partial charge in [0.1, 0.15) is 11.5 Å². The van der Waals surface area contributed by atoms with Gasteiger partial charge in [-0.25, -0.2) is 9.59 Å². The first-order valence-corrected chi connectivity index (χ1v) is 18.8. The SMILES string of the molecule is C=CC(=O)OCCCCOc1ccc(C#Cc2cc(C)c(NC(=O)C(=O)Nc3ccc(C#Cc4ccc(OCCCCOC(=O)C=C)cc4)cc3C(F)(F)F)c(C)c2)cc1. The molecule has 0 atom stereocenters. The van der Waals surface area contributed by atoms with Crippen LogP contribution in [0.4, 0.5) is 24.5 Å². The molecule has 0 radical (unpaired) electrons. The Morgan fingerprint density at radius 2 is 1.00 bits per heavy atom. The monoisotopic (exact) mass is 820 g/mol. The van der Waals surface area contributed by atoms with Gasteiger partial charge in [-0.05, 0) is 130 Å². The van der Waals surface area contributed by atoms with Gasteiger partial charge in [0.15, 0.2) is 0 Å². The molecule has 13 heteroatoms. The predicted octanol–water partition coefficient (Wildman–Crippen LogP) is 8.48. The number of aryl methyl sites for hydroxylation is 2. The molecule has 0 spiro atoms. The summed E-state index contributed by atoms with van der Waals surface area (Å²) in [4.78, 5) is 47.9. The van der Waals surface area contributed by atoms with Crippen molar-refractivity contribution in [3.05, 3.63) is 143 Å². The molecule has 0 aromatic heterocycles. The maximum Gasteiger partial charge on any atom is 0.418 e. The van der Waals surface area contributed by atoms with Crippen molar-refractivity contribution in [2.24, 2.45) is 0 Å². The van der Waals surface area contributed by atoms with Crippen LogP contribution in [0.2, 0.25) is 0 Å². The van der Waals surface area contributed by atoms with Crippen molar-refractivity contribution in [3.63, 3.8) is 0 Å². The molecule has 60 heavy (non-hydrogen) atoms. The molecule has 0 fully saturated rings. The van der Waals surface area contributed by atoms with Crippen LogP contribution < -0.4 is 20.1 Å². The van der Waals surface area contributed by atoms with E-state index in [1.807, 2.05) is 12.1 Å². The lowest BCUT2D eigenvalue weighted by Gasteiger charge is -2.15. The Balaban J connectivity index is 1.31. The Labute approximate surface area is 346 Å². The van der Waals surface area contributed by atoms with Crippen molar-refractivity contribution < 1.29 is 51.3 Å². The van der Waals surface area contributed by atoms with Crippen LogP contribution in [0.3, 0.4) is 0 Å². The van der Waals surface area contributed by atoms with Gasteiger partial charge in [0, 0.05) is 40.1 Å². The van der Waals surface area contributed by atoms with Crippen LogP contribution in [-0.4, -0.2) is 50.2 Å². The van der Waals surface area contributed by atoms with E-state index in [9.17, 15) is 32.3 Å². The van der Waals surface area contributed by atoms with Crippen LogP contribution in [0.5, 0.6) is 11.5 Å². The minimum absolute atomic E-state index is 0.0386. The van der Waals surface area contributed by atoms with Gasteiger partial charge in [0.2, 0.25) is 0 Å². The average molecular weight is 821 g/mol. The van der Waals surface area contributed by atoms with Crippen molar-refractivity contribution in [1.82, 2.24) is 0 Å². The normalized spacial score (nSPS) is 10.4. The lowest BCUT2D eigenvalue weighted by Crippen LogP contribution is -2.30. The number of halogens is 3. The summed E-state index contributed by atoms with van der Waals surface area (Å²) in [6.07, 6.45) is -0.0281. The Morgan fingerprint density at radius 3 is 1.47 bits per heavy atom. The molecule has 2 N–H and O–H groups in total. The lowest BCUT2D eigenvalue weighted by atomic mass is 10.0. The fourth-order valence-electron chi connectivity index (χ4n) is 5.36. The first-order chi connectivity index (χ1) is 28.7. The summed E-state index contributed by atoms with van der Waals surface area (Å²) in [5.74, 6) is 9.51. The molecular weight excluding hydrogens is 778 g/mol. The van der Waals surface area contributed by atoms with E-state index in [1.54, 1.807) is 62.4 Å². The van der Waals surface area contributed by atoms with Crippen molar-refractivity contribution in [2.45, 2.75) is 45.7 Å². The molecule has 0 aliphatic rings. The highest BCUT2D eigenvalue weighted by Gasteiger charge is 2.34. The molecular formula is C47H43F3N2O8. The second kappa shape index (κ2) is 22.6.